The van der Waals surface area contributed by atoms with Gasteiger partial charge in [-0.15, -0.1) is 4.64 Å². The van der Waals surface area contributed by atoms with Crippen LogP contribution >= 0.6 is 11.8 Å². The molecule has 0 saturated carbocycles. The Hall–Kier alpha value is -0.900. The number of benzene rings is 1. The van der Waals surface area contributed by atoms with Crippen molar-refractivity contribution in [3.8, 4) is 0 Å². The summed E-state index contributed by atoms with van der Waals surface area (Å²) in [4.78, 5) is 0. The van der Waals surface area contributed by atoms with E-state index in [1.807, 2.05) is 0 Å². The SMILES string of the molecule is Fc1cccc(N(F)Cl)c1F. The molecule has 0 spiro atoms. The molecule has 0 aromatic heterocycles. The Bertz CT molecular complexity index is 264. The van der Waals surface area contributed by atoms with E-state index in [-0.39, 0.29) is 0 Å². The molecular weight excluding hydrogens is 179 g/mol. The zero-order valence-electron chi connectivity index (χ0n) is 5.19. The highest BCUT2D eigenvalue weighted by Crippen LogP contribution is 2.22. The van der Waals surface area contributed by atoms with Crippen LogP contribution < -0.4 is 4.64 Å². The normalized spacial score (nSPS) is 9.82. The molecule has 1 aromatic rings. The summed E-state index contributed by atoms with van der Waals surface area (Å²) in [6.07, 6.45) is 0. The first-order valence-corrected chi connectivity index (χ1v) is 3.02. The van der Waals surface area contributed by atoms with E-state index in [9.17, 15) is 13.3 Å². The van der Waals surface area contributed by atoms with Crippen LogP contribution in [-0.2, 0) is 0 Å². The van der Waals surface area contributed by atoms with E-state index in [4.69, 9.17) is 11.8 Å². The number of hydrogen-bond donors (Lipinski definition) is 0. The molecule has 5 heteroatoms. The van der Waals surface area contributed by atoms with Gasteiger partial charge in [0.25, 0.3) is 0 Å². The first kappa shape index (κ1) is 8.20. The smallest absolute Gasteiger partial charge is 0.186 e. The summed E-state index contributed by atoms with van der Waals surface area (Å²) in [6, 6.07) is 3.05. The highest BCUT2D eigenvalue weighted by Gasteiger charge is 2.11. The van der Waals surface area contributed by atoms with Crippen molar-refractivity contribution in [1.29, 1.82) is 0 Å². The van der Waals surface area contributed by atoms with Gasteiger partial charge in [-0.25, -0.2) is 8.78 Å². The summed E-state index contributed by atoms with van der Waals surface area (Å²) in [5, 5.41) is 0. The second-order valence-electron chi connectivity index (χ2n) is 1.81. The largest absolute Gasteiger partial charge is 0.204 e. The molecule has 1 rings (SSSR count). The fourth-order valence-corrected chi connectivity index (χ4v) is 0.754. The summed E-state index contributed by atoms with van der Waals surface area (Å²) in [5.41, 5.74) is -0.633. The summed E-state index contributed by atoms with van der Waals surface area (Å²) in [5.74, 6) is -2.43. The molecule has 0 N–H and O–H groups in total. The van der Waals surface area contributed by atoms with Crippen molar-refractivity contribution in [2.24, 2.45) is 0 Å². The van der Waals surface area contributed by atoms with Crippen LogP contribution in [0.25, 0.3) is 0 Å². The van der Waals surface area contributed by atoms with Crippen LogP contribution in [0.1, 0.15) is 0 Å². The second-order valence-corrected chi connectivity index (χ2v) is 2.10. The number of nitrogens with zero attached hydrogens (tertiary/aromatic N) is 1. The van der Waals surface area contributed by atoms with Crippen LogP contribution in [0.5, 0.6) is 0 Å². The number of halogens is 4. The van der Waals surface area contributed by atoms with Gasteiger partial charge in [0.1, 0.15) is 5.69 Å². The lowest BCUT2D eigenvalue weighted by atomic mass is 10.3. The highest BCUT2D eigenvalue weighted by atomic mass is 35.5. The lowest BCUT2D eigenvalue weighted by molar-refractivity contribution is 0.482. The Morgan fingerprint density at radius 3 is 2.36 bits per heavy atom. The molecule has 0 aliphatic carbocycles. The molecule has 0 atom stereocenters. The van der Waals surface area contributed by atoms with Crippen molar-refractivity contribution in [3.63, 3.8) is 0 Å². The minimum absolute atomic E-state index is 0.502. The van der Waals surface area contributed by atoms with Gasteiger partial charge < -0.3 is 0 Å². The minimum atomic E-state index is -1.30. The van der Waals surface area contributed by atoms with E-state index in [1.165, 1.54) is 0 Å². The van der Waals surface area contributed by atoms with Crippen LogP contribution in [-0.4, -0.2) is 0 Å². The maximum absolute atomic E-state index is 12.5. The first-order chi connectivity index (χ1) is 5.13. The van der Waals surface area contributed by atoms with Crippen LogP contribution in [0, 0.1) is 11.6 Å². The van der Waals surface area contributed by atoms with Gasteiger partial charge in [0.05, 0.1) is 0 Å². The van der Waals surface area contributed by atoms with Gasteiger partial charge in [-0.1, -0.05) is 10.5 Å². The number of rotatable bonds is 1. The summed E-state index contributed by atoms with van der Waals surface area (Å²) < 4.78 is 36.4. The van der Waals surface area contributed by atoms with Gasteiger partial charge in [-0.2, -0.15) is 0 Å². The molecule has 0 fully saturated rings. The summed E-state index contributed by atoms with van der Waals surface area (Å²) in [6.45, 7) is 0. The second kappa shape index (κ2) is 3.00. The monoisotopic (exact) mass is 181 g/mol. The molecule has 0 unspecified atom stereocenters. The van der Waals surface area contributed by atoms with Crippen LogP contribution in [0.2, 0.25) is 0 Å². The fraction of sp³-hybridized carbons (Fsp3) is 0. The summed E-state index contributed by atoms with van der Waals surface area (Å²) in [7, 11) is 0. The van der Waals surface area contributed by atoms with Gasteiger partial charge >= 0.3 is 0 Å². The van der Waals surface area contributed by atoms with Gasteiger partial charge in [0, 0.05) is 11.8 Å². The van der Waals surface area contributed by atoms with E-state index in [0.717, 1.165) is 18.2 Å². The molecule has 0 aliphatic heterocycles. The van der Waals surface area contributed by atoms with Crippen molar-refractivity contribution in [3.05, 3.63) is 29.8 Å². The number of anilines is 1. The highest BCUT2D eigenvalue weighted by molar-refractivity contribution is 6.24. The van der Waals surface area contributed by atoms with Gasteiger partial charge in [0.2, 0.25) is 0 Å². The predicted octanol–water partition coefficient (Wildman–Crippen LogP) is 2.81. The Balaban J connectivity index is 3.17. The van der Waals surface area contributed by atoms with Crippen LogP contribution in [0.3, 0.4) is 0 Å². The zero-order valence-corrected chi connectivity index (χ0v) is 5.95. The molecule has 0 bridgehead atoms. The first-order valence-electron chi connectivity index (χ1n) is 2.68. The molecule has 1 aromatic carbocycles. The fourth-order valence-electron chi connectivity index (χ4n) is 0.623. The molecule has 60 valence electrons. The van der Waals surface area contributed by atoms with Gasteiger partial charge in [-0.3, -0.25) is 0 Å². The third-order valence-electron chi connectivity index (χ3n) is 1.11. The third-order valence-corrected chi connectivity index (χ3v) is 1.30. The lowest BCUT2D eigenvalue weighted by Crippen LogP contribution is -1.98. The van der Waals surface area contributed by atoms with Crippen molar-refractivity contribution in [2.45, 2.75) is 0 Å². The molecule has 0 aliphatic rings. The Morgan fingerprint density at radius 1 is 1.27 bits per heavy atom. The predicted molar refractivity (Wildman–Crippen MR) is 35.8 cm³/mol. The maximum Gasteiger partial charge on any atom is 0.186 e. The minimum Gasteiger partial charge on any atom is -0.204 e. The van der Waals surface area contributed by atoms with E-state index in [2.05, 4.69) is 0 Å². The lowest BCUT2D eigenvalue weighted by Gasteiger charge is -2.04. The molecule has 0 saturated heterocycles. The zero-order chi connectivity index (χ0) is 8.43. The Morgan fingerprint density at radius 2 is 1.91 bits per heavy atom. The molecular formula is C6H3ClF3N. The molecule has 11 heavy (non-hydrogen) atoms. The molecule has 1 nitrogen and oxygen atoms in total. The molecule has 0 amide bonds. The standard InChI is InChI=1S/C6H3ClF3N/c7-11(10)5-3-1-2-4(8)6(5)9/h1-3H. The number of hydrogen-bond acceptors (Lipinski definition) is 1. The van der Waals surface area contributed by atoms with Crippen molar-refractivity contribution in [1.82, 2.24) is 0 Å². The van der Waals surface area contributed by atoms with Crippen molar-refractivity contribution < 1.29 is 13.3 Å². The van der Waals surface area contributed by atoms with Crippen LogP contribution in [0.15, 0.2) is 18.2 Å². The van der Waals surface area contributed by atoms with E-state index >= 15 is 0 Å². The average molecular weight is 182 g/mol. The summed E-state index contributed by atoms with van der Waals surface area (Å²) >= 11 is 4.74. The quantitative estimate of drug-likeness (QED) is 0.603. The van der Waals surface area contributed by atoms with E-state index in [1.54, 1.807) is 0 Å². The molecule has 0 radical (unpaired) electrons. The Kier molecular flexibility index (Phi) is 2.24. The maximum atomic E-state index is 12.5. The van der Waals surface area contributed by atoms with Crippen molar-refractivity contribution >= 4 is 17.5 Å². The van der Waals surface area contributed by atoms with Gasteiger partial charge in [0.15, 0.2) is 11.6 Å². The van der Waals surface area contributed by atoms with Crippen molar-refractivity contribution in [2.75, 3.05) is 4.64 Å². The van der Waals surface area contributed by atoms with Gasteiger partial charge in [-0.05, 0) is 12.1 Å². The Labute approximate surface area is 66.0 Å². The van der Waals surface area contributed by atoms with E-state index < -0.39 is 22.0 Å². The molecule has 0 heterocycles. The third kappa shape index (κ3) is 1.57. The van der Waals surface area contributed by atoms with Crippen LogP contribution in [0.4, 0.5) is 18.9 Å². The average Bonchev–Trinajstić information content (AvgIpc) is 1.94. The topological polar surface area (TPSA) is 3.24 Å². The van der Waals surface area contributed by atoms with E-state index in [0.29, 0.717) is 0 Å².